The first-order valence-corrected chi connectivity index (χ1v) is 11.6. The van der Waals surface area contributed by atoms with Gasteiger partial charge in [0.2, 0.25) is 5.91 Å². The van der Waals surface area contributed by atoms with E-state index < -0.39 is 10.2 Å². The molecule has 0 aromatic heterocycles. The van der Waals surface area contributed by atoms with Crippen LogP contribution in [0.25, 0.3) is 0 Å². The van der Waals surface area contributed by atoms with Crippen LogP contribution in [-0.4, -0.2) is 73.1 Å². The Labute approximate surface area is 158 Å². The van der Waals surface area contributed by atoms with E-state index >= 15 is 0 Å². The molecule has 3 fully saturated rings. The number of hydrogen-bond donors (Lipinski definition) is 1. The van der Waals surface area contributed by atoms with Crippen LogP contribution in [0.5, 0.6) is 0 Å². The molecule has 0 radical (unpaired) electrons. The van der Waals surface area contributed by atoms with Crippen LogP contribution in [-0.2, 0) is 15.0 Å². The third-order valence-electron chi connectivity index (χ3n) is 6.53. The maximum Gasteiger partial charge on any atom is 0.282 e. The van der Waals surface area contributed by atoms with Gasteiger partial charge in [0.05, 0.1) is 0 Å². The van der Waals surface area contributed by atoms with E-state index in [1.807, 2.05) is 4.90 Å². The van der Waals surface area contributed by atoms with E-state index in [1.54, 1.807) is 15.7 Å². The van der Waals surface area contributed by atoms with Gasteiger partial charge in [0, 0.05) is 51.7 Å². The number of carbonyl (C=O) groups excluding carboxylic acids is 1. The zero-order chi connectivity index (χ0) is 18.7. The Morgan fingerprint density at radius 2 is 1.65 bits per heavy atom. The normalized spacial score (nSPS) is 29.4. The minimum Gasteiger partial charge on any atom is -0.340 e. The van der Waals surface area contributed by atoms with Crippen LogP contribution in [0.3, 0.4) is 0 Å². The largest absolute Gasteiger partial charge is 0.340 e. The van der Waals surface area contributed by atoms with Gasteiger partial charge in [-0.05, 0) is 31.6 Å². The number of hydrogen-bond acceptors (Lipinski definition) is 4. The number of nitrogens with zero attached hydrogens (tertiary/aromatic N) is 3. The van der Waals surface area contributed by atoms with Gasteiger partial charge in [-0.15, -0.1) is 0 Å². The summed E-state index contributed by atoms with van der Waals surface area (Å²) in [5.41, 5.74) is 6.08. The van der Waals surface area contributed by atoms with E-state index in [4.69, 9.17) is 5.73 Å². The lowest BCUT2D eigenvalue weighted by Crippen LogP contribution is -2.55. The molecule has 0 spiro atoms. The Morgan fingerprint density at radius 3 is 2.23 bits per heavy atom. The molecule has 0 aromatic rings. The van der Waals surface area contributed by atoms with E-state index in [9.17, 15) is 13.2 Å². The highest BCUT2D eigenvalue weighted by atomic mass is 32.2. The molecule has 1 aliphatic heterocycles. The van der Waals surface area contributed by atoms with Gasteiger partial charge in [0.25, 0.3) is 10.2 Å². The lowest BCUT2D eigenvalue weighted by atomic mass is 9.96. The highest BCUT2D eigenvalue weighted by molar-refractivity contribution is 7.86. The van der Waals surface area contributed by atoms with Crippen molar-refractivity contribution < 1.29 is 13.2 Å². The zero-order valence-corrected chi connectivity index (χ0v) is 16.8. The summed E-state index contributed by atoms with van der Waals surface area (Å²) in [4.78, 5) is 14.3. The molecule has 8 heteroatoms. The predicted octanol–water partition coefficient (Wildman–Crippen LogP) is 1.16. The van der Waals surface area contributed by atoms with Crippen molar-refractivity contribution >= 4 is 16.1 Å². The maximum atomic E-state index is 12.9. The average Bonchev–Trinajstić information content (AvgIpc) is 3.06. The van der Waals surface area contributed by atoms with Gasteiger partial charge < -0.3 is 10.6 Å². The van der Waals surface area contributed by atoms with E-state index in [0.717, 1.165) is 44.9 Å². The molecule has 1 saturated heterocycles. The molecule has 2 saturated carbocycles. The summed E-state index contributed by atoms with van der Waals surface area (Å²) in [6, 6.07) is 0.266. The fourth-order valence-electron chi connectivity index (χ4n) is 4.66. The smallest absolute Gasteiger partial charge is 0.282 e. The minimum atomic E-state index is -3.43. The van der Waals surface area contributed by atoms with Gasteiger partial charge >= 0.3 is 0 Å². The van der Waals surface area contributed by atoms with Gasteiger partial charge in [0.15, 0.2) is 0 Å². The SMILES string of the molecule is CN(C1CCCCC1)S(=O)(=O)N1CCN(C(=O)C[C@@H]2CCC[C@H]2N)CC1. The van der Waals surface area contributed by atoms with Gasteiger partial charge in [0.1, 0.15) is 0 Å². The van der Waals surface area contributed by atoms with Crippen LogP contribution < -0.4 is 5.73 Å². The summed E-state index contributed by atoms with van der Waals surface area (Å²) in [6.07, 6.45) is 8.99. The van der Waals surface area contributed by atoms with E-state index in [-0.39, 0.29) is 18.0 Å². The molecule has 2 N–H and O–H groups in total. The molecule has 3 aliphatic rings. The number of nitrogens with two attached hydrogens (primary N) is 1. The van der Waals surface area contributed by atoms with Crippen molar-refractivity contribution in [2.75, 3.05) is 33.2 Å². The molecular formula is C18H34N4O3S. The highest BCUT2D eigenvalue weighted by Crippen LogP contribution is 2.28. The van der Waals surface area contributed by atoms with Gasteiger partial charge in [-0.3, -0.25) is 4.79 Å². The molecule has 0 aromatic carbocycles. The van der Waals surface area contributed by atoms with Crippen molar-refractivity contribution in [1.82, 2.24) is 13.5 Å². The summed E-state index contributed by atoms with van der Waals surface area (Å²) >= 11 is 0. The van der Waals surface area contributed by atoms with E-state index in [2.05, 4.69) is 0 Å². The van der Waals surface area contributed by atoms with Crippen LogP contribution in [0, 0.1) is 5.92 Å². The molecular weight excluding hydrogens is 352 g/mol. The second kappa shape index (κ2) is 8.54. The molecule has 3 rings (SSSR count). The first-order chi connectivity index (χ1) is 12.4. The summed E-state index contributed by atoms with van der Waals surface area (Å²) < 4.78 is 28.9. The van der Waals surface area contributed by atoms with Crippen LogP contribution >= 0.6 is 0 Å². The second-order valence-electron chi connectivity index (χ2n) is 8.15. The summed E-state index contributed by atoms with van der Waals surface area (Å²) in [5, 5.41) is 0. The Morgan fingerprint density at radius 1 is 1.00 bits per heavy atom. The van der Waals surface area contributed by atoms with Crippen molar-refractivity contribution in [3.63, 3.8) is 0 Å². The van der Waals surface area contributed by atoms with Gasteiger partial charge in [-0.1, -0.05) is 25.7 Å². The standard InChI is InChI=1S/C18H34N4O3S/c1-20(16-7-3-2-4-8-16)26(24,25)22-12-10-21(11-13-22)18(23)14-15-6-5-9-17(15)19/h15-17H,2-14,19H2,1H3/t15-,17+/m0/s1. The van der Waals surface area contributed by atoms with Crippen LogP contribution in [0.4, 0.5) is 0 Å². The lowest BCUT2D eigenvalue weighted by Gasteiger charge is -2.39. The molecule has 1 heterocycles. The molecule has 0 unspecified atom stereocenters. The fourth-order valence-corrected chi connectivity index (χ4v) is 6.23. The number of amides is 1. The fraction of sp³-hybridized carbons (Fsp3) is 0.944. The van der Waals surface area contributed by atoms with E-state index in [1.165, 1.54) is 6.42 Å². The number of carbonyl (C=O) groups is 1. The lowest BCUT2D eigenvalue weighted by molar-refractivity contribution is -0.133. The molecule has 2 aliphatic carbocycles. The second-order valence-corrected chi connectivity index (χ2v) is 10.1. The third-order valence-corrected chi connectivity index (χ3v) is 8.57. The van der Waals surface area contributed by atoms with Crippen molar-refractivity contribution in [3.8, 4) is 0 Å². The topological polar surface area (TPSA) is 87.0 Å². The Balaban J connectivity index is 1.51. The molecule has 7 nitrogen and oxygen atoms in total. The molecule has 1 amide bonds. The monoisotopic (exact) mass is 386 g/mol. The van der Waals surface area contributed by atoms with Crippen LogP contribution in [0.1, 0.15) is 57.8 Å². The summed E-state index contributed by atoms with van der Waals surface area (Å²) in [5.74, 6) is 0.423. The Kier molecular flexibility index (Phi) is 6.59. The Bertz CT molecular complexity index is 583. The van der Waals surface area contributed by atoms with Crippen molar-refractivity contribution in [1.29, 1.82) is 0 Å². The van der Waals surface area contributed by atoms with Crippen LogP contribution in [0.15, 0.2) is 0 Å². The third kappa shape index (κ3) is 4.40. The van der Waals surface area contributed by atoms with Gasteiger partial charge in [-0.2, -0.15) is 17.0 Å². The maximum absolute atomic E-state index is 12.9. The van der Waals surface area contributed by atoms with Crippen molar-refractivity contribution in [2.45, 2.75) is 69.9 Å². The van der Waals surface area contributed by atoms with Crippen molar-refractivity contribution in [2.24, 2.45) is 11.7 Å². The molecule has 2 atom stereocenters. The molecule has 150 valence electrons. The highest BCUT2D eigenvalue weighted by Gasteiger charge is 2.36. The van der Waals surface area contributed by atoms with E-state index in [0.29, 0.717) is 38.5 Å². The number of piperazine rings is 1. The summed E-state index contributed by atoms with van der Waals surface area (Å²) in [6.45, 7) is 1.75. The minimum absolute atomic E-state index is 0.122. The Hall–Kier alpha value is -0.700. The average molecular weight is 387 g/mol. The predicted molar refractivity (Wildman–Crippen MR) is 102 cm³/mol. The molecule has 26 heavy (non-hydrogen) atoms. The first-order valence-electron chi connectivity index (χ1n) is 10.2. The quantitative estimate of drug-likeness (QED) is 0.768. The van der Waals surface area contributed by atoms with Gasteiger partial charge in [-0.25, -0.2) is 0 Å². The molecule has 0 bridgehead atoms. The van der Waals surface area contributed by atoms with Crippen LogP contribution in [0.2, 0.25) is 0 Å². The first kappa shape index (κ1) is 20.0. The van der Waals surface area contributed by atoms with Crippen molar-refractivity contribution in [3.05, 3.63) is 0 Å². The zero-order valence-electron chi connectivity index (χ0n) is 16.0. The summed E-state index contributed by atoms with van der Waals surface area (Å²) in [7, 11) is -1.72. The number of rotatable bonds is 5.